The lowest BCUT2D eigenvalue weighted by atomic mass is 10.2. The molecule has 19 heavy (non-hydrogen) atoms. The Balaban J connectivity index is 2.26. The van der Waals surface area contributed by atoms with Crippen molar-refractivity contribution in [3.8, 4) is 0 Å². The molecule has 0 aliphatic heterocycles. The van der Waals surface area contributed by atoms with Crippen LogP contribution >= 0.6 is 15.9 Å². The number of rotatable bonds is 4. The normalized spacial score (nSPS) is 10.5. The van der Waals surface area contributed by atoms with E-state index in [-0.39, 0.29) is 11.4 Å². The highest BCUT2D eigenvalue weighted by atomic mass is 79.9. The Labute approximate surface area is 118 Å². The van der Waals surface area contributed by atoms with Gasteiger partial charge < -0.3 is 5.32 Å². The van der Waals surface area contributed by atoms with Crippen molar-refractivity contribution in [3.63, 3.8) is 0 Å². The standard InChI is InChI=1S/C13H13BrFN3O/c1-2-16-11-6-13(19)18(17-7-11)8-9-3-4-10(15)5-12(9)14/h3-7,16H,2,8H2,1H3. The zero-order chi connectivity index (χ0) is 13.8. The fourth-order valence-electron chi connectivity index (χ4n) is 1.66. The first kappa shape index (κ1) is 13.7. The first-order valence-electron chi connectivity index (χ1n) is 5.85. The number of aromatic nitrogens is 2. The van der Waals surface area contributed by atoms with Crippen molar-refractivity contribution >= 4 is 21.6 Å². The summed E-state index contributed by atoms with van der Waals surface area (Å²) in [7, 11) is 0. The van der Waals surface area contributed by atoms with Crippen LogP contribution in [0.2, 0.25) is 0 Å². The van der Waals surface area contributed by atoms with Gasteiger partial charge in [0.25, 0.3) is 5.56 Å². The summed E-state index contributed by atoms with van der Waals surface area (Å²) in [6.07, 6.45) is 1.60. The molecule has 1 aromatic carbocycles. The molecule has 0 spiro atoms. The molecule has 0 radical (unpaired) electrons. The van der Waals surface area contributed by atoms with Gasteiger partial charge in [0.2, 0.25) is 0 Å². The number of nitrogens with one attached hydrogen (secondary N) is 1. The lowest BCUT2D eigenvalue weighted by Crippen LogP contribution is -2.23. The molecule has 0 aliphatic carbocycles. The molecule has 0 fully saturated rings. The van der Waals surface area contributed by atoms with Gasteiger partial charge in [-0.2, -0.15) is 5.10 Å². The second-order valence-corrected chi connectivity index (χ2v) is 4.86. The average molecular weight is 326 g/mol. The van der Waals surface area contributed by atoms with Crippen LogP contribution in [0.4, 0.5) is 10.1 Å². The van der Waals surface area contributed by atoms with E-state index in [4.69, 9.17) is 0 Å². The van der Waals surface area contributed by atoms with E-state index in [2.05, 4.69) is 26.3 Å². The quantitative estimate of drug-likeness (QED) is 0.940. The second kappa shape index (κ2) is 5.97. The van der Waals surface area contributed by atoms with Crippen LogP contribution in [0.3, 0.4) is 0 Å². The number of nitrogens with zero attached hydrogens (tertiary/aromatic N) is 2. The maximum atomic E-state index is 13.0. The minimum Gasteiger partial charge on any atom is -0.384 e. The van der Waals surface area contributed by atoms with Gasteiger partial charge in [0.1, 0.15) is 5.82 Å². The van der Waals surface area contributed by atoms with Crippen LogP contribution in [0.1, 0.15) is 12.5 Å². The monoisotopic (exact) mass is 325 g/mol. The molecule has 0 saturated carbocycles. The van der Waals surface area contributed by atoms with Crippen LogP contribution in [-0.2, 0) is 6.54 Å². The summed E-state index contributed by atoms with van der Waals surface area (Å²) in [5.41, 5.74) is 1.30. The van der Waals surface area contributed by atoms with Crippen molar-refractivity contribution < 1.29 is 4.39 Å². The van der Waals surface area contributed by atoms with E-state index in [0.29, 0.717) is 16.7 Å². The Kier molecular flexibility index (Phi) is 4.31. The van der Waals surface area contributed by atoms with Crippen molar-refractivity contribution in [2.24, 2.45) is 0 Å². The van der Waals surface area contributed by atoms with Gasteiger partial charge in [-0.15, -0.1) is 0 Å². The molecule has 0 amide bonds. The van der Waals surface area contributed by atoms with Crippen molar-refractivity contribution in [1.82, 2.24) is 9.78 Å². The van der Waals surface area contributed by atoms with E-state index < -0.39 is 0 Å². The Morgan fingerprint density at radius 1 is 1.42 bits per heavy atom. The first-order valence-corrected chi connectivity index (χ1v) is 6.64. The fourth-order valence-corrected chi connectivity index (χ4v) is 2.14. The SMILES string of the molecule is CCNc1cnn(Cc2ccc(F)cc2Br)c(=O)c1. The summed E-state index contributed by atoms with van der Waals surface area (Å²) < 4.78 is 14.9. The maximum absolute atomic E-state index is 13.0. The Morgan fingerprint density at radius 2 is 2.21 bits per heavy atom. The predicted molar refractivity (Wildman–Crippen MR) is 75.9 cm³/mol. The van der Waals surface area contributed by atoms with Crippen molar-refractivity contribution in [3.05, 3.63) is 56.7 Å². The summed E-state index contributed by atoms with van der Waals surface area (Å²) in [4.78, 5) is 11.9. The highest BCUT2D eigenvalue weighted by Crippen LogP contribution is 2.18. The van der Waals surface area contributed by atoms with Crippen LogP contribution in [0, 0.1) is 5.82 Å². The van der Waals surface area contributed by atoms with E-state index in [1.165, 1.54) is 22.9 Å². The summed E-state index contributed by atoms with van der Waals surface area (Å²) >= 11 is 3.27. The second-order valence-electron chi connectivity index (χ2n) is 4.01. The molecule has 0 saturated heterocycles. The molecule has 1 N–H and O–H groups in total. The zero-order valence-electron chi connectivity index (χ0n) is 10.4. The molecule has 0 unspecified atom stereocenters. The number of halogens is 2. The molecule has 0 bridgehead atoms. The number of hydrogen-bond acceptors (Lipinski definition) is 3. The lowest BCUT2D eigenvalue weighted by Gasteiger charge is -2.08. The van der Waals surface area contributed by atoms with Crippen LogP contribution in [-0.4, -0.2) is 16.3 Å². The maximum Gasteiger partial charge on any atom is 0.269 e. The van der Waals surface area contributed by atoms with Crippen LogP contribution < -0.4 is 10.9 Å². The predicted octanol–water partition coefficient (Wildman–Crippen LogP) is 2.63. The molecule has 6 heteroatoms. The van der Waals surface area contributed by atoms with Gasteiger partial charge in [0.05, 0.1) is 18.4 Å². The van der Waals surface area contributed by atoms with Gasteiger partial charge in [-0.05, 0) is 24.6 Å². The Bertz CT molecular complexity index is 642. The van der Waals surface area contributed by atoms with E-state index >= 15 is 0 Å². The molecule has 1 heterocycles. The van der Waals surface area contributed by atoms with Gasteiger partial charge in [-0.3, -0.25) is 4.79 Å². The van der Waals surface area contributed by atoms with Crippen LogP contribution in [0.25, 0.3) is 0 Å². The largest absolute Gasteiger partial charge is 0.384 e. The molecule has 0 aliphatic rings. The molecule has 2 rings (SSSR count). The van der Waals surface area contributed by atoms with E-state index in [1.807, 2.05) is 6.92 Å². The van der Waals surface area contributed by atoms with Gasteiger partial charge >= 0.3 is 0 Å². The Hall–Kier alpha value is -1.69. The third kappa shape index (κ3) is 3.41. The molecular formula is C13H13BrFN3O. The topological polar surface area (TPSA) is 46.9 Å². The summed E-state index contributed by atoms with van der Waals surface area (Å²) in [5, 5.41) is 7.11. The van der Waals surface area contributed by atoms with Crippen molar-refractivity contribution in [2.75, 3.05) is 11.9 Å². The minimum atomic E-state index is -0.321. The summed E-state index contributed by atoms with van der Waals surface area (Å²) in [6.45, 7) is 2.97. The number of anilines is 1. The molecule has 100 valence electrons. The smallest absolute Gasteiger partial charge is 0.269 e. The molecule has 2 aromatic rings. The molecule has 4 nitrogen and oxygen atoms in total. The first-order chi connectivity index (χ1) is 9.10. The van der Waals surface area contributed by atoms with Crippen LogP contribution in [0.15, 0.2) is 39.7 Å². The van der Waals surface area contributed by atoms with E-state index in [1.54, 1.807) is 12.3 Å². The average Bonchev–Trinajstić information content (AvgIpc) is 2.36. The van der Waals surface area contributed by atoms with Gasteiger partial charge in [0.15, 0.2) is 0 Å². The van der Waals surface area contributed by atoms with Crippen molar-refractivity contribution in [1.29, 1.82) is 0 Å². The summed E-state index contributed by atoms with van der Waals surface area (Å²) in [6, 6.07) is 5.85. The minimum absolute atomic E-state index is 0.199. The van der Waals surface area contributed by atoms with Crippen LogP contribution in [0.5, 0.6) is 0 Å². The van der Waals surface area contributed by atoms with E-state index in [0.717, 1.165) is 12.1 Å². The lowest BCUT2D eigenvalue weighted by molar-refractivity contribution is 0.617. The highest BCUT2D eigenvalue weighted by molar-refractivity contribution is 9.10. The number of benzene rings is 1. The third-order valence-electron chi connectivity index (χ3n) is 2.59. The Morgan fingerprint density at radius 3 is 2.84 bits per heavy atom. The van der Waals surface area contributed by atoms with Gasteiger partial charge in [0, 0.05) is 17.1 Å². The van der Waals surface area contributed by atoms with E-state index in [9.17, 15) is 9.18 Å². The molecule has 0 atom stereocenters. The molecular weight excluding hydrogens is 313 g/mol. The van der Waals surface area contributed by atoms with Gasteiger partial charge in [-0.1, -0.05) is 22.0 Å². The number of hydrogen-bond donors (Lipinski definition) is 1. The van der Waals surface area contributed by atoms with Crippen molar-refractivity contribution in [2.45, 2.75) is 13.5 Å². The van der Waals surface area contributed by atoms with Gasteiger partial charge in [-0.25, -0.2) is 9.07 Å². The highest BCUT2D eigenvalue weighted by Gasteiger charge is 2.05. The third-order valence-corrected chi connectivity index (χ3v) is 3.32. The fraction of sp³-hybridized carbons (Fsp3) is 0.231. The molecule has 1 aromatic heterocycles. The zero-order valence-corrected chi connectivity index (χ0v) is 11.9. The summed E-state index contributed by atoms with van der Waals surface area (Å²) in [5.74, 6) is -0.321.